The van der Waals surface area contributed by atoms with E-state index in [2.05, 4.69) is 16.4 Å². The number of hydrogen-bond donors (Lipinski definition) is 1. The summed E-state index contributed by atoms with van der Waals surface area (Å²) >= 11 is 0. The van der Waals surface area contributed by atoms with Crippen molar-refractivity contribution in [3.05, 3.63) is 36.0 Å². The second-order valence-corrected chi connectivity index (χ2v) is 8.35. The van der Waals surface area contributed by atoms with Crippen molar-refractivity contribution in [2.24, 2.45) is 5.92 Å². The van der Waals surface area contributed by atoms with Crippen LogP contribution in [0.5, 0.6) is 0 Å². The van der Waals surface area contributed by atoms with Crippen LogP contribution >= 0.6 is 0 Å². The molecule has 1 aliphatic rings. The van der Waals surface area contributed by atoms with Gasteiger partial charge in [-0.2, -0.15) is 18.4 Å². The highest BCUT2D eigenvalue weighted by molar-refractivity contribution is 5.95. The maximum absolute atomic E-state index is 13.7. The summed E-state index contributed by atoms with van der Waals surface area (Å²) in [7, 11) is 0. The number of pyridine rings is 1. The Morgan fingerprint density at radius 3 is 2.59 bits per heavy atom. The fourth-order valence-electron chi connectivity index (χ4n) is 4.42. The molecule has 1 aromatic carbocycles. The van der Waals surface area contributed by atoms with E-state index in [0.29, 0.717) is 35.2 Å². The third-order valence-corrected chi connectivity index (χ3v) is 6.17. The van der Waals surface area contributed by atoms with Gasteiger partial charge in [0.15, 0.2) is 0 Å². The molecule has 0 bridgehead atoms. The van der Waals surface area contributed by atoms with Gasteiger partial charge in [-0.1, -0.05) is 0 Å². The number of alkyl halides is 3. The first kappa shape index (κ1) is 25.3. The third kappa shape index (κ3) is 5.76. The topological polar surface area (TPSA) is 89.3 Å². The maximum Gasteiger partial charge on any atom is 0.393 e. The van der Waals surface area contributed by atoms with Crippen LogP contribution in [0, 0.1) is 17.2 Å². The van der Waals surface area contributed by atoms with Crippen LogP contribution in [-0.2, 0) is 9.59 Å². The molecule has 0 unspecified atom stereocenters. The fraction of sp³-hybridized carbons (Fsp3) is 0.500. The zero-order chi connectivity index (χ0) is 24.9. The summed E-state index contributed by atoms with van der Waals surface area (Å²) in [5.74, 6) is -2.24. The lowest BCUT2D eigenvalue weighted by Crippen LogP contribution is -2.54. The Hall–Kier alpha value is -3.35. The molecule has 3 rings (SSSR count). The number of piperidine rings is 1. The monoisotopic (exact) mass is 475 g/mol. The molecule has 0 spiro atoms. The molecule has 0 radical (unpaired) electrons. The van der Waals surface area contributed by atoms with Crippen molar-refractivity contribution in [1.82, 2.24) is 15.2 Å². The van der Waals surface area contributed by atoms with Crippen molar-refractivity contribution < 1.29 is 22.8 Å². The minimum atomic E-state index is -4.43. The van der Waals surface area contributed by atoms with Gasteiger partial charge >= 0.3 is 6.18 Å². The van der Waals surface area contributed by atoms with Crippen molar-refractivity contribution in [2.45, 2.75) is 45.3 Å². The van der Waals surface area contributed by atoms with E-state index in [-0.39, 0.29) is 38.3 Å². The van der Waals surface area contributed by atoms with Gasteiger partial charge < -0.3 is 15.1 Å². The summed E-state index contributed by atoms with van der Waals surface area (Å²) in [6, 6.07) is 7.89. The Bertz CT molecular complexity index is 1080. The predicted octanol–water partition coefficient (Wildman–Crippen LogP) is 3.63. The molecule has 1 aliphatic heterocycles. The minimum absolute atomic E-state index is 0.0125. The van der Waals surface area contributed by atoms with E-state index >= 15 is 0 Å². The van der Waals surface area contributed by atoms with E-state index in [4.69, 9.17) is 0 Å². The number of anilines is 1. The lowest BCUT2D eigenvalue weighted by atomic mass is 9.92. The van der Waals surface area contributed by atoms with Crippen LogP contribution in [0.2, 0.25) is 0 Å². The molecule has 1 aromatic heterocycles. The Labute approximate surface area is 196 Å². The molecule has 2 amide bonds. The van der Waals surface area contributed by atoms with E-state index < -0.39 is 24.0 Å². The SMILES string of the molecule is CCN(CC)C(=O)CCC(=O)N[C@@H]1C[C@H](C(F)(F)F)CN(c2ccc(C#N)c3ncccc23)C1. The first-order valence-electron chi connectivity index (χ1n) is 11.3. The van der Waals surface area contributed by atoms with Crippen LogP contribution in [0.1, 0.15) is 38.7 Å². The molecular weight excluding hydrogens is 447 g/mol. The van der Waals surface area contributed by atoms with E-state index in [9.17, 15) is 28.0 Å². The molecule has 1 N–H and O–H groups in total. The Kier molecular flexibility index (Phi) is 7.97. The molecule has 34 heavy (non-hydrogen) atoms. The van der Waals surface area contributed by atoms with Crippen LogP contribution in [0.25, 0.3) is 10.9 Å². The number of fused-ring (bicyclic) bond motifs is 1. The van der Waals surface area contributed by atoms with Crippen LogP contribution in [-0.4, -0.2) is 60.1 Å². The van der Waals surface area contributed by atoms with Crippen LogP contribution in [0.15, 0.2) is 30.5 Å². The Morgan fingerprint density at radius 1 is 1.21 bits per heavy atom. The highest BCUT2D eigenvalue weighted by atomic mass is 19.4. The number of amides is 2. The highest BCUT2D eigenvalue weighted by Gasteiger charge is 2.45. The second kappa shape index (κ2) is 10.7. The van der Waals surface area contributed by atoms with Gasteiger partial charge in [-0.3, -0.25) is 14.6 Å². The first-order valence-corrected chi connectivity index (χ1v) is 11.3. The van der Waals surface area contributed by atoms with Crippen molar-refractivity contribution in [1.29, 1.82) is 5.26 Å². The molecule has 1 fully saturated rings. The average molecular weight is 476 g/mol. The van der Waals surface area contributed by atoms with Gasteiger partial charge in [-0.15, -0.1) is 0 Å². The highest BCUT2D eigenvalue weighted by Crippen LogP contribution is 2.37. The molecular formula is C24H28F3N5O2. The minimum Gasteiger partial charge on any atom is -0.368 e. The van der Waals surface area contributed by atoms with Gasteiger partial charge in [0.1, 0.15) is 6.07 Å². The van der Waals surface area contributed by atoms with Crippen molar-refractivity contribution in [3.8, 4) is 6.07 Å². The molecule has 0 aliphatic carbocycles. The predicted molar refractivity (Wildman–Crippen MR) is 122 cm³/mol. The summed E-state index contributed by atoms with van der Waals surface area (Å²) in [5.41, 5.74) is 1.30. The lowest BCUT2D eigenvalue weighted by molar-refractivity contribution is -0.178. The zero-order valence-electron chi connectivity index (χ0n) is 19.2. The largest absolute Gasteiger partial charge is 0.393 e. The van der Waals surface area contributed by atoms with Crippen molar-refractivity contribution >= 4 is 28.4 Å². The van der Waals surface area contributed by atoms with Gasteiger partial charge in [0.2, 0.25) is 11.8 Å². The van der Waals surface area contributed by atoms with E-state index in [1.807, 2.05) is 13.8 Å². The Balaban J connectivity index is 1.79. The quantitative estimate of drug-likeness (QED) is 0.661. The molecule has 0 saturated carbocycles. The number of halogens is 3. The number of carbonyl (C=O) groups excluding carboxylic acids is 2. The summed E-state index contributed by atoms with van der Waals surface area (Å²) in [6.07, 6.45) is -3.20. The zero-order valence-corrected chi connectivity index (χ0v) is 19.2. The smallest absolute Gasteiger partial charge is 0.368 e. The second-order valence-electron chi connectivity index (χ2n) is 8.35. The van der Waals surface area contributed by atoms with E-state index in [1.54, 1.807) is 34.1 Å². The van der Waals surface area contributed by atoms with Gasteiger partial charge in [-0.05, 0) is 44.5 Å². The number of carbonyl (C=O) groups is 2. The van der Waals surface area contributed by atoms with Crippen molar-refractivity contribution in [3.63, 3.8) is 0 Å². The summed E-state index contributed by atoms with van der Waals surface area (Å²) in [6.45, 7) is 4.68. The number of nitrogens with zero attached hydrogens (tertiary/aromatic N) is 4. The third-order valence-electron chi connectivity index (χ3n) is 6.17. The van der Waals surface area contributed by atoms with Crippen molar-refractivity contribution in [2.75, 3.05) is 31.1 Å². The van der Waals surface area contributed by atoms with E-state index in [0.717, 1.165) is 0 Å². The number of nitrogens with one attached hydrogen (secondary N) is 1. The van der Waals surface area contributed by atoms with Crippen LogP contribution in [0.3, 0.4) is 0 Å². The number of hydrogen-bond acceptors (Lipinski definition) is 5. The summed E-state index contributed by atoms with van der Waals surface area (Å²) in [5, 5.41) is 12.6. The van der Waals surface area contributed by atoms with Gasteiger partial charge in [0.25, 0.3) is 0 Å². The molecule has 182 valence electrons. The van der Waals surface area contributed by atoms with Crippen LogP contribution < -0.4 is 10.2 Å². The maximum atomic E-state index is 13.7. The molecule has 2 heterocycles. The summed E-state index contributed by atoms with van der Waals surface area (Å²) < 4.78 is 41.2. The fourth-order valence-corrected chi connectivity index (χ4v) is 4.42. The number of rotatable bonds is 7. The number of benzene rings is 1. The molecule has 2 aromatic rings. The van der Waals surface area contributed by atoms with Gasteiger partial charge in [0.05, 0.1) is 17.0 Å². The lowest BCUT2D eigenvalue weighted by Gasteiger charge is -2.40. The number of aromatic nitrogens is 1. The van der Waals surface area contributed by atoms with Gasteiger partial charge in [-0.25, -0.2) is 0 Å². The van der Waals surface area contributed by atoms with Gasteiger partial charge in [0, 0.05) is 62.3 Å². The average Bonchev–Trinajstić information content (AvgIpc) is 2.82. The first-order chi connectivity index (χ1) is 16.2. The summed E-state index contributed by atoms with van der Waals surface area (Å²) in [4.78, 5) is 32.1. The number of nitriles is 1. The molecule has 1 saturated heterocycles. The van der Waals surface area contributed by atoms with Crippen LogP contribution in [0.4, 0.5) is 18.9 Å². The van der Waals surface area contributed by atoms with E-state index in [1.165, 1.54) is 6.20 Å². The molecule has 2 atom stereocenters. The Morgan fingerprint density at radius 2 is 1.94 bits per heavy atom. The standard InChI is InChI=1S/C24H28F3N5O2/c1-3-31(4-2)22(34)10-9-21(33)30-18-12-17(24(25,26)27)14-32(15-18)20-8-7-16(13-28)23-19(20)6-5-11-29-23/h5-8,11,17-18H,3-4,9-10,12,14-15H2,1-2H3,(H,30,33)/t17-,18+/m0/s1. The normalized spacial score (nSPS) is 18.4. The molecule has 7 nitrogen and oxygen atoms in total. The molecule has 10 heteroatoms.